The Kier molecular flexibility index (Phi) is 3.44. The van der Waals surface area contributed by atoms with Crippen LogP contribution in [0.25, 0.3) is 11.0 Å². The molecule has 1 aromatic carbocycles. The van der Waals surface area contributed by atoms with E-state index in [1.807, 2.05) is 6.07 Å². The molecule has 22 heavy (non-hydrogen) atoms. The number of benzene rings is 1. The summed E-state index contributed by atoms with van der Waals surface area (Å²) in [5, 5.41) is 4.59. The van der Waals surface area contributed by atoms with E-state index in [4.69, 9.17) is 9.15 Å². The zero-order chi connectivity index (χ0) is 15.9. The van der Waals surface area contributed by atoms with Gasteiger partial charge in [-0.25, -0.2) is 8.42 Å². The molecule has 2 aromatic rings. The van der Waals surface area contributed by atoms with Gasteiger partial charge >= 0.3 is 0 Å². The van der Waals surface area contributed by atoms with Crippen LogP contribution in [0.4, 0.5) is 0 Å². The van der Waals surface area contributed by atoms with Crippen molar-refractivity contribution in [3.05, 3.63) is 41.0 Å². The second-order valence-corrected chi connectivity index (χ2v) is 7.09. The lowest BCUT2D eigenvalue weighted by Gasteiger charge is -2.08. The van der Waals surface area contributed by atoms with Gasteiger partial charge in [0.05, 0.1) is 18.9 Å². The molecule has 0 saturated carbocycles. The average molecular weight is 321 g/mol. The van der Waals surface area contributed by atoms with Crippen molar-refractivity contribution in [2.24, 2.45) is 0 Å². The molecule has 0 spiro atoms. The highest BCUT2D eigenvalue weighted by atomic mass is 32.2. The van der Waals surface area contributed by atoms with Gasteiger partial charge in [0.25, 0.3) is 5.91 Å². The maximum absolute atomic E-state index is 12.3. The van der Waals surface area contributed by atoms with Crippen molar-refractivity contribution in [1.29, 1.82) is 0 Å². The van der Waals surface area contributed by atoms with E-state index in [2.05, 4.69) is 5.32 Å². The summed E-state index contributed by atoms with van der Waals surface area (Å²) in [6, 6.07) is 4.79. The molecule has 2 heterocycles. The minimum absolute atomic E-state index is 0.119. The Morgan fingerprint density at radius 1 is 1.41 bits per heavy atom. The van der Waals surface area contributed by atoms with Crippen molar-refractivity contribution in [1.82, 2.24) is 5.32 Å². The number of methoxy groups -OCH3 is 1. The zero-order valence-corrected chi connectivity index (χ0v) is 12.9. The number of hydrogen-bond donors (Lipinski definition) is 1. The van der Waals surface area contributed by atoms with Crippen molar-refractivity contribution < 1.29 is 22.4 Å². The number of nitrogens with one attached hydrogen (secondary N) is 1. The first kappa shape index (κ1) is 14.6. The highest BCUT2D eigenvalue weighted by molar-refractivity contribution is 7.94. The van der Waals surface area contributed by atoms with Gasteiger partial charge in [-0.05, 0) is 25.1 Å². The summed E-state index contributed by atoms with van der Waals surface area (Å²) in [7, 11) is -1.66. The van der Waals surface area contributed by atoms with Crippen LogP contribution in [-0.2, 0) is 9.84 Å². The minimum atomic E-state index is -3.21. The minimum Gasteiger partial charge on any atom is -0.497 e. The number of aryl methyl sites for hydroxylation is 1. The van der Waals surface area contributed by atoms with Crippen molar-refractivity contribution in [3.63, 3.8) is 0 Å². The Morgan fingerprint density at radius 2 is 2.18 bits per heavy atom. The maximum Gasteiger partial charge on any atom is 0.287 e. The summed E-state index contributed by atoms with van der Waals surface area (Å²) in [4.78, 5) is 12.3. The van der Waals surface area contributed by atoms with Crippen LogP contribution in [0.5, 0.6) is 5.75 Å². The molecule has 0 saturated heterocycles. The summed E-state index contributed by atoms with van der Waals surface area (Å²) in [5.41, 5.74) is 1.26. The first-order valence-corrected chi connectivity index (χ1v) is 8.40. The Bertz CT molecular complexity index is 879. The molecule has 116 valence electrons. The number of carbonyl (C=O) groups is 1. The second kappa shape index (κ2) is 5.17. The number of fused-ring (bicyclic) bond motifs is 1. The molecular formula is C15H15NO5S. The predicted molar refractivity (Wildman–Crippen MR) is 81.7 cm³/mol. The lowest BCUT2D eigenvalue weighted by Crippen LogP contribution is -2.35. The third kappa shape index (κ3) is 2.59. The third-order valence-electron chi connectivity index (χ3n) is 3.60. The molecule has 0 bridgehead atoms. The molecule has 7 heteroatoms. The lowest BCUT2D eigenvalue weighted by molar-refractivity contribution is 0.0921. The van der Waals surface area contributed by atoms with E-state index in [0.717, 1.165) is 10.8 Å². The molecular weight excluding hydrogens is 306 g/mol. The Labute approximate surface area is 127 Å². The van der Waals surface area contributed by atoms with Gasteiger partial charge in [-0.15, -0.1) is 0 Å². The standard InChI is InChI=1S/C15H15NO5S/c1-9-12-4-3-11(20-2)7-13(12)21-14(9)15(17)16-10-5-6-22(18,19)8-10/h3-7,10H,8H2,1-2H3,(H,16,17)/t10-/m1/s1. The van der Waals surface area contributed by atoms with E-state index in [1.165, 1.54) is 6.08 Å². The topological polar surface area (TPSA) is 85.6 Å². The van der Waals surface area contributed by atoms with E-state index in [-0.39, 0.29) is 11.5 Å². The number of hydrogen-bond acceptors (Lipinski definition) is 5. The van der Waals surface area contributed by atoms with Crippen LogP contribution in [0.3, 0.4) is 0 Å². The fourth-order valence-corrected chi connectivity index (χ4v) is 3.68. The highest BCUT2D eigenvalue weighted by Crippen LogP contribution is 2.28. The molecule has 1 atom stereocenters. The van der Waals surface area contributed by atoms with Crippen LogP contribution in [0.15, 0.2) is 34.1 Å². The number of ether oxygens (including phenoxy) is 1. The molecule has 0 radical (unpaired) electrons. The quantitative estimate of drug-likeness (QED) is 0.931. The molecule has 1 N–H and O–H groups in total. The van der Waals surface area contributed by atoms with Crippen LogP contribution >= 0.6 is 0 Å². The van der Waals surface area contributed by atoms with Crippen molar-refractivity contribution in [2.75, 3.05) is 12.9 Å². The van der Waals surface area contributed by atoms with E-state index in [9.17, 15) is 13.2 Å². The molecule has 1 amide bonds. The van der Waals surface area contributed by atoms with Crippen LogP contribution in [0, 0.1) is 6.92 Å². The molecule has 1 aliphatic heterocycles. The number of sulfone groups is 1. The zero-order valence-electron chi connectivity index (χ0n) is 12.1. The maximum atomic E-state index is 12.3. The van der Waals surface area contributed by atoms with E-state index >= 15 is 0 Å². The summed E-state index contributed by atoms with van der Waals surface area (Å²) >= 11 is 0. The second-order valence-electron chi connectivity index (χ2n) is 5.16. The molecule has 3 rings (SSSR count). The van der Waals surface area contributed by atoms with Crippen molar-refractivity contribution >= 4 is 26.7 Å². The van der Waals surface area contributed by atoms with Gasteiger partial charge in [0.15, 0.2) is 15.6 Å². The van der Waals surface area contributed by atoms with Gasteiger partial charge in [0, 0.05) is 22.4 Å². The Morgan fingerprint density at radius 3 is 2.82 bits per heavy atom. The van der Waals surface area contributed by atoms with E-state index < -0.39 is 21.8 Å². The van der Waals surface area contributed by atoms with E-state index in [0.29, 0.717) is 16.9 Å². The van der Waals surface area contributed by atoms with Crippen LogP contribution in [0.1, 0.15) is 16.1 Å². The predicted octanol–water partition coefficient (Wildman–Crippen LogP) is 1.79. The third-order valence-corrected chi connectivity index (χ3v) is 4.99. The average Bonchev–Trinajstić information content (AvgIpc) is 2.98. The van der Waals surface area contributed by atoms with Gasteiger partial charge in [-0.3, -0.25) is 4.79 Å². The van der Waals surface area contributed by atoms with Gasteiger partial charge in [-0.2, -0.15) is 0 Å². The fourth-order valence-electron chi connectivity index (χ4n) is 2.45. The molecule has 1 aliphatic rings. The number of amides is 1. The highest BCUT2D eigenvalue weighted by Gasteiger charge is 2.26. The fraction of sp³-hybridized carbons (Fsp3) is 0.267. The Hall–Kier alpha value is -2.28. The molecule has 0 fully saturated rings. The number of carbonyl (C=O) groups excluding carboxylic acids is 1. The lowest BCUT2D eigenvalue weighted by atomic mass is 10.1. The normalized spacial score (nSPS) is 19.5. The van der Waals surface area contributed by atoms with Gasteiger partial charge in [0.2, 0.25) is 0 Å². The van der Waals surface area contributed by atoms with Crippen molar-refractivity contribution in [2.45, 2.75) is 13.0 Å². The first-order valence-electron chi connectivity index (χ1n) is 6.68. The first-order chi connectivity index (χ1) is 10.4. The molecule has 6 nitrogen and oxygen atoms in total. The number of rotatable bonds is 3. The SMILES string of the molecule is COc1ccc2c(C)c(C(=O)N[C@@H]3C=CS(=O)(=O)C3)oc2c1. The molecule has 0 aliphatic carbocycles. The van der Waals surface area contributed by atoms with E-state index in [1.54, 1.807) is 26.2 Å². The number of furan rings is 1. The van der Waals surface area contributed by atoms with Gasteiger partial charge < -0.3 is 14.5 Å². The van der Waals surface area contributed by atoms with Crippen LogP contribution in [0.2, 0.25) is 0 Å². The molecule has 0 unspecified atom stereocenters. The molecule has 1 aromatic heterocycles. The van der Waals surface area contributed by atoms with Crippen LogP contribution in [-0.4, -0.2) is 33.2 Å². The van der Waals surface area contributed by atoms with Gasteiger partial charge in [0.1, 0.15) is 11.3 Å². The summed E-state index contributed by atoms with van der Waals surface area (Å²) in [6.07, 6.45) is 1.47. The van der Waals surface area contributed by atoms with Crippen molar-refractivity contribution in [3.8, 4) is 5.75 Å². The van der Waals surface area contributed by atoms with Gasteiger partial charge in [-0.1, -0.05) is 0 Å². The summed E-state index contributed by atoms with van der Waals surface area (Å²) < 4.78 is 33.4. The summed E-state index contributed by atoms with van der Waals surface area (Å²) in [5.74, 6) is 0.268. The van der Waals surface area contributed by atoms with Crippen LogP contribution < -0.4 is 10.1 Å². The monoisotopic (exact) mass is 321 g/mol. The Balaban J connectivity index is 1.88. The smallest absolute Gasteiger partial charge is 0.287 e. The summed E-state index contributed by atoms with van der Waals surface area (Å²) in [6.45, 7) is 1.79. The largest absolute Gasteiger partial charge is 0.497 e.